The fourth-order valence-electron chi connectivity index (χ4n) is 2.33. The SMILES string of the molecule is OC(c1cccc(C(F)(F)F)c1)C1CCNCC1. The van der Waals surface area contributed by atoms with Crippen LogP contribution in [0.4, 0.5) is 13.2 Å². The van der Waals surface area contributed by atoms with Crippen LogP contribution in [0.2, 0.25) is 0 Å². The molecule has 1 saturated heterocycles. The smallest absolute Gasteiger partial charge is 0.388 e. The Morgan fingerprint density at radius 2 is 1.89 bits per heavy atom. The van der Waals surface area contributed by atoms with Gasteiger partial charge in [0.1, 0.15) is 0 Å². The van der Waals surface area contributed by atoms with Gasteiger partial charge < -0.3 is 10.4 Å². The van der Waals surface area contributed by atoms with Crippen LogP contribution in [0.5, 0.6) is 0 Å². The van der Waals surface area contributed by atoms with Crippen molar-refractivity contribution in [3.63, 3.8) is 0 Å². The van der Waals surface area contributed by atoms with E-state index in [0.29, 0.717) is 5.56 Å². The maximum Gasteiger partial charge on any atom is 0.416 e. The molecule has 1 aromatic carbocycles. The lowest BCUT2D eigenvalue weighted by atomic mass is 9.87. The number of halogens is 3. The van der Waals surface area contributed by atoms with Crippen molar-refractivity contribution in [2.45, 2.75) is 25.1 Å². The summed E-state index contributed by atoms with van der Waals surface area (Å²) in [6.45, 7) is 1.61. The summed E-state index contributed by atoms with van der Waals surface area (Å²) in [6.07, 6.45) is -3.59. The number of rotatable bonds is 2. The maximum absolute atomic E-state index is 12.6. The predicted octanol–water partition coefficient (Wildman–Crippen LogP) is 2.74. The van der Waals surface area contributed by atoms with Gasteiger partial charge in [0.2, 0.25) is 0 Å². The summed E-state index contributed by atoms with van der Waals surface area (Å²) in [4.78, 5) is 0. The molecule has 1 heterocycles. The average molecular weight is 259 g/mol. The summed E-state index contributed by atoms with van der Waals surface area (Å²) in [5.74, 6) is 0.0368. The van der Waals surface area contributed by atoms with Gasteiger partial charge in [0.05, 0.1) is 11.7 Å². The van der Waals surface area contributed by atoms with E-state index < -0.39 is 17.8 Å². The summed E-state index contributed by atoms with van der Waals surface area (Å²) in [5, 5.41) is 13.3. The first-order chi connectivity index (χ1) is 8.48. The van der Waals surface area contributed by atoms with Crippen LogP contribution < -0.4 is 5.32 Å². The second-order valence-electron chi connectivity index (χ2n) is 4.66. The molecule has 0 bridgehead atoms. The Morgan fingerprint density at radius 3 is 2.50 bits per heavy atom. The molecule has 0 aromatic heterocycles. The molecule has 2 nitrogen and oxygen atoms in total. The van der Waals surface area contributed by atoms with Gasteiger partial charge in [0.25, 0.3) is 0 Å². The monoisotopic (exact) mass is 259 g/mol. The van der Waals surface area contributed by atoms with Crippen molar-refractivity contribution in [3.8, 4) is 0 Å². The molecule has 2 rings (SSSR count). The predicted molar refractivity (Wildman–Crippen MR) is 62.0 cm³/mol. The summed E-state index contributed by atoms with van der Waals surface area (Å²) >= 11 is 0. The van der Waals surface area contributed by atoms with Gasteiger partial charge in [-0.2, -0.15) is 13.2 Å². The molecule has 100 valence electrons. The van der Waals surface area contributed by atoms with Crippen LogP contribution in [0.25, 0.3) is 0 Å². The Hall–Kier alpha value is -1.07. The third kappa shape index (κ3) is 3.03. The Morgan fingerprint density at radius 1 is 1.22 bits per heavy atom. The van der Waals surface area contributed by atoms with E-state index in [4.69, 9.17) is 0 Å². The minimum atomic E-state index is -4.36. The molecular weight excluding hydrogens is 243 g/mol. The van der Waals surface area contributed by atoms with Crippen LogP contribution in [-0.2, 0) is 6.18 Å². The molecule has 0 radical (unpaired) electrons. The van der Waals surface area contributed by atoms with E-state index >= 15 is 0 Å². The molecule has 1 atom stereocenters. The van der Waals surface area contributed by atoms with E-state index in [1.807, 2.05) is 0 Å². The number of aliphatic hydroxyl groups excluding tert-OH is 1. The highest BCUT2D eigenvalue weighted by Gasteiger charge is 2.31. The van der Waals surface area contributed by atoms with Gasteiger partial charge in [-0.15, -0.1) is 0 Å². The standard InChI is InChI=1S/C13H16F3NO/c14-13(15,16)11-3-1-2-10(8-11)12(18)9-4-6-17-7-5-9/h1-3,8-9,12,17-18H,4-7H2. The summed E-state index contributed by atoms with van der Waals surface area (Å²) in [6, 6.07) is 4.98. The lowest BCUT2D eigenvalue weighted by Crippen LogP contribution is -2.30. The van der Waals surface area contributed by atoms with Crippen LogP contribution in [0, 0.1) is 5.92 Å². The third-order valence-corrected chi connectivity index (χ3v) is 3.39. The summed E-state index contributed by atoms with van der Waals surface area (Å²) < 4.78 is 37.7. The molecule has 0 aliphatic carbocycles. The molecule has 1 aliphatic rings. The van der Waals surface area contributed by atoms with E-state index in [0.717, 1.165) is 38.1 Å². The highest BCUT2D eigenvalue weighted by atomic mass is 19.4. The van der Waals surface area contributed by atoms with E-state index in [9.17, 15) is 18.3 Å². The molecule has 0 spiro atoms. The molecule has 1 aromatic rings. The fraction of sp³-hybridized carbons (Fsp3) is 0.538. The van der Waals surface area contributed by atoms with Crippen LogP contribution in [-0.4, -0.2) is 18.2 Å². The van der Waals surface area contributed by atoms with Crippen molar-refractivity contribution in [3.05, 3.63) is 35.4 Å². The second-order valence-corrected chi connectivity index (χ2v) is 4.66. The number of hydrogen-bond donors (Lipinski definition) is 2. The average Bonchev–Trinajstić information content (AvgIpc) is 2.38. The Balaban J connectivity index is 2.17. The first-order valence-corrected chi connectivity index (χ1v) is 6.04. The van der Waals surface area contributed by atoms with Crippen LogP contribution in [0.15, 0.2) is 24.3 Å². The largest absolute Gasteiger partial charge is 0.416 e. The first-order valence-electron chi connectivity index (χ1n) is 6.04. The Bertz CT molecular complexity index is 399. The molecule has 5 heteroatoms. The number of alkyl halides is 3. The summed E-state index contributed by atoms with van der Waals surface area (Å²) in [7, 11) is 0. The molecule has 0 amide bonds. The lowest BCUT2D eigenvalue weighted by Gasteiger charge is -2.27. The highest BCUT2D eigenvalue weighted by molar-refractivity contribution is 5.27. The van der Waals surface area contributed by atoms with Crippen molar-refractivity contribution in [1.82, 2.24) is 5.32 Å². The van der Waals surface area contributed by atoms with Gasteiger partial charge in [-0.05, 0) is 49.5 Å². The molecular formula is C13H16F3NO. The molecule has 1 unspecified atom stereocenters. The van der Waals surface area contributed by atoms with Crippen molar-refractivity contribution in [2.24, 2.45) is 5.92 Å². The maximum atomic E-state index is 12.6. The minimum absolute atomic E-state index is 0.0368. The zero-order chi connectivity index (χ0) is 13.2. The van der Waals surface area contributed by atoms with E-state index in [1.165, 1.54) is 6.07 Å². The fourth-order valence-corrected chi connectivity index (χ4v) is 2.33. The van der Waals surface area contributed by atoms with Crippen LogP contribution in [0.1, 0.15) is 30.1 Å². The number of nitrogens with one attached hydrogen (secondary N) is 1. The van der Waals surface area contributed by atoms with Gasteiger partial charge in [-0.1, -0.05) is 12.1 Å². The Labute approximate surface area is 104 Å². The zero-order valence-electron chi connectivity index (χ0n) is 9.87. The van der Waals surface area contributed by atoms with Gasteiger partial charge in [0, 0.05) is 0 Å². The van der Waals surface area contributed by atoms with Crippen molar-refractivity contribution in [1.29, 1.82) is 0 Å². The summed E-state index contributed by atoms with van der Waals surface area (Å²) in [5.41, 5.74) is -0.343. The highest BCUT2D eigenvalue weighted by Crippen LogP contribution is 2.33. The second kappa shape index (κ2) is 5.28. The number of hydrogen-bond acceptors (Lipinski definition) is 2. The Kier molecular flexibility index (Phi) is 3.92. The van der Waals surface area contributed by atoms with E-state index in [2.05, 4.69) is 5.32 Å². The number of piperidine rings is 1. The first kappa shape index (κ1) is 13.4. The topological polar surface area (TPSA) is 32.3 Å². The van der Waals surface area contributed by atoms with Gasteiger partial charge in [-0.25, -0.2) is 0 Å². The van der Waals surface area contributed by atoms with E-state index in [1.54, 1.807) is 6.07 Å². The molecule has 0 saturated carbocycles. The third-order valence-electron chi connectivity index (χ3n) is 3.39. The van der Waals surface area contributed by atoms with Crippen LogP contribution in [0.3, 0.4) is 0 Å². The normalized spacial score (nSPS) is 19.8. The quantitative estimate of drug-likeness (QED) is 0.856. The van der Waals surface area contributed by atoms with Crippen molar-refractivity contribution < 1.29 is 18.3 Å². The van der Waals surface area contributed by atoms with Gasteiger partial charge in [0.15, 0.2) is 0 Å². The van der Waals surface area contributed by atoms with Gasteiger partial charge in [-0.3, -0.25) is 0 Å². The minimum Gasteiger partial charge on any atom is -0.388 e. The zero-order valence-corrected chi connectivity index (χ0v) is 9.87. The lowest BCUT2D eigenvalue weighted by molar-refractivity contribution is -0.137. The molecule has 2 N–H and O–H groups in total. The number of aliphatic hydroxyl groups is 1. The molecule has 18 heavy (non-hydrogen) atoms. The van der Waals surface area contributed by atoms with E-state index in [-0.39, 0.29) is 5.92 Å². The molecule has 1 aliphatic heterocycles. The van der Waals surface area contributed by atoms with Crippen molar-refractivity contribution in [2.75, 3.05) is 13.1 Å². The van der Waals surface area contributed by atoms with Crippen molar-refractivity contribution >= 4 is 0 Å². The van der Waals surface area contributed by atoms with Gasteiger partial charge >= 0.3 is 6.18 Å². The number of benzene rings is 1. The molecule has 1 fully saturated rings. The van der Waals surface area contributed by atoms with Crippen LogP contribution >= 0.6 is 0 Å².